The number of hydrogen-bond acceptors (Lipinski definition) is 12. The molecular weight excluding hydrogens is 716 g/mol. The zero-order valence-corrected chi connectivity index (χ0v) is 29.4. The Labute approximate surface area is 301 Å². The van der Waals surface area contributed by atoms with Crippen molar-refractivity contribution in [3.05, 3.63) is 70.7 Å². The van der Waals surface area contributed by atoms with Gasteiger partial charge in [-0.1, -0.05) is 12.1 Å². The summed E-state index contributed by atoms with van der Waals surface area (Å²) in [6.07, 6.45) is 8.12. The van der Waals surface area contributed by atoms with Gasteiger partial charge in [0.1, 0.15) is 11.6 Å². The maximum atomic E-state index is 6.36. The predicted molar refractivity (Wildman–Crippen MR) is 195 cm³/mol. The molecule has 0 aliphatic carbocycles. The fourth-order valence-electron chi connectivity index (χ4n) is 7.22. The average molecular weight is 754 g/mol. The third kappa shape index (κ3) is 5.84. The van der Waals surface area contributed by atoms with Gasteiger partial charge in [0, 0.05) is 42.1 Å². The monoisotopic (exact) mass is 752 g/mol. The molecule has 2 atom stereocenters. The average Bonchev–Trinajstić information content (AvgIpc) is 3.99. The molecule has 0 saturated carbocycles. The maximum Gasteiger partial charge on any atom is 0.231 e. The standard InChI is InChI=1S/C18H18BrN5O2.C18H19N5O2/c19-15-16(11-2-1-5-21-7-11)23-18-12(8-22-24(18)17(15)20)10-3-4-13-14(6-10)26-9-25-13;19-17-7-14(12-2-1-5-20-8-12)22-18-13(9-21-23(17)18)11-3-4-15-16(6-11)25-10-24-15/h3-4,6,8,11,21H,1-2,5,7,9,20H2;3-4,6-7,9,12,20H,1-2,5,8,10,19H2. The summed E-state index contributed by atoms with van der Waals surface area (Å²) >= 11 is 3.63. The Balaban J connectivity index is 0.000000137. The lowest BCUT2D eigenvalue weighted by molar-refractivity contribution is 0.173. The molecule has 51 heavy (non-hydrogen) atoms. The van der Waals surface area contributed by atoms with Gasteiger partial charge in [-0.25, -0.2) is 9.97 Å². The summed E-state index contributed by atoms with van der Waals surface area (Å²) in [4.78, 5) is 9.85. The zero-order chi connectivity index (χ0) is 34.5. The normalized spacial score (nSPS) is 19.3. The highest BCUT2D eigenvalue weighted by Gasteiger charge is 2.25. The van der Waals surface area contributed by atoms with Crippen molar-refractivity contribution in [1.29, 1.82) is 0 Å². The first-order chi connectivity index (χ1) is 25.0. The van der Waals surface area contributed by atoms with E-state index in [1.807, 2.05) is 42.5 Å². The van der Waals surface area contributed by atoms with E-state index < -0.39 is 0 Å². The summed E-state index contributed by atoms with van der Waals surface area (Å²) in [6.45, 7) is 4.50. The van der Waals surface area contributed by atoms with Crippen molar-refractivity contribution in [2.75, 3.05) is 51.2 Å². The van der Waals surface area contributed by atoms with Gasteiger partial charge in [-0.15, -0.1) is 0 Å². The third-order valence-corrected chi connectivity index (χ3v) is 10.7. The van der Waals surface area contributed by atoms with E-state index in [1.165, 1.54) is 0 Å². The number of nitrogens with one attached hydrogen (secondary N) is 2. The van der Waals surface area contributed by atoms with Crippen LogP contribution in [0, 0.1) is 0 Å². The van der Waals surface area contributed by atoms with Crippen LogP contribution in [0.3, 0.4) is 0 Å². The number of benzene rings is 2. The van der Waals surface area contributed by atoms with Gasteiger partial charge in [0.25, 0.3) is 0 Å². The number of nitrogens with zero attached hydrogens (tertiary/aromatic N) is 6. The molecule has 2 saturated heterocycles. The number of rotatable bonds is 4. The molecule has 4 aromatic heterocycles. The van der Waals surface area contributed by atoms with Crippen LogP contribution in [0.15, 0.2) is 59.3 Å². The Morgan fingerprint density at radius 2 is 1.25 bits per heavy atom. The van der Waals surface area contributed by atoms with Crippen LogP contribution in [0.5, 0.6) is 23.0 Å². The van der Waals surface area contributed by atoms with E-state index in [1.54, 1.807) is 21.4 Å². The SMILES string of the molecule is Nc1c(Br)c(C2CCCNC2)nc2c(-c3ccc4c(c3)OCO4)cnn12.Nc1cc(C2CCCNC2)nc2c(-c3ccc4c(c3)OCO4)cnn12. The molecule has 0 amide bonds. The molecule has 4 aliphatic heterocycles. The number of hydrogen-bond donors (Lipinski definition) is 4. The summed E-state index contributed by atoms with van der Waals surface area (Å²) in [6, 6.07) is 13.7. The number of ether oxygens (including phenoxy) is 4. The molecule has 4 aliphatic rings. The van der Waals surface area contributed by atoms with E-state index in [-0.39, 0.29) is 13.6 Å². The molecular formula is C36H37BrN10O4. The summed E-state index contributed by atoms with van der Waals surface area (Å²) in [5, 5.41) is 15.7. The van der Waals surface area contributed by atoms with Gasteiger partial charge in [-0.2, -0.15) is 19.2 Å². The van der Waals surface area contributed by atoms with Crippen molar-refractivity contribution in [2.24, 2.45) is 0 Å². The van der Waals surface area contributed by atoms with E-state index in [4.69, 9.17) is 40.4 Å². The molecule has 2 unspecified atom stereocenters. The van der Waals surface area contributed by atoms with E-state index >= 15 is 0 Å². The first kappa shape index (κ1) is 31.8. The lowest BCUT2D eigenvalue weighted by Gasteiger charge is -2.23. The van der Waals surface area contributed by atoms with Gasteiger partial charge < -0.3 is 41.0 Å². The van der Waals surface area contributed by atoms with Gasteiger partial charge in [-0.05, 0) is 90.1 Å². The Hall–Kier alpha value is -5.12. The van der Waals surface area contributed by atoms with Crippen LogP contribution in [0.1, 0.15) is 48.9 Å². The lowest BCUT2D eigenvalue weighted by Crippen LogP contribution is -2.29. The Bertz CT molecular complexity index is 2260. The minimum atomic E-state index is 0.254. The van der Waals surface area contributed by atoms with Gasteiger partial charge in [0.05, 0.1) is 28.3 Å². The van der Waals surface area contributed by atoms with Crippen LogP contribution < -0.4 is 41.0 Å². The fraction of sp³-hybridized carbons (Fsp3) is 0.333. The predicted octanol–water partition coefficient (Wildman–Crippen LogP) is 5.11. The molecule has 6 N–H and O–H groups in total. The van der Waals surface area contributed by atoms with E-state index in [0.29, 0.717) is 23.5 Å². The number of anilines is 2. The topological polar surface area (TPSA) is 173 Å². The second kappa shape index (κ2) is 13.2. The quantitative estimate of drug-likeness (QED) is 0.188. The maximum absolute atomic E-state index is 6.36. The van der Waals surface area contributed by atoms with E-state index in [2.05, 4.69) is 36.8 Å². The number of fused-ring (bicyclic) bond motifs is 4. The molecule has 262 valence electrons. The minimum absolute atomic E-state index is 0.254. The third-order valence-electron chi connectivity index (χ3n) is 9.93. The molecule has 2 fully saturated rings. The van der Waals surface area contributed by atoms with Crippen molar-refractivity contribution < 1.29 is 18.9 Å². The lowest BCUT2D eigenvalue weighted by atomic mass is 9.96. The number of aromatic nitrogens is 6. The highest BCUT2D eigenvalue weighted by Crippen LogP contribution is 2.40. The molecule has 14 nitrogen and oxygen atoms in total. The van der Waals surface area contributed by atoms with E-state index in [0.717, 1.165) is 124 Å². The number of nitrogens with two attached hydrogens (primary N) is 2. The second-order valence-corrected chi connectivity index (χ2v) is 13.9. The number of piperidine rings is 2. The van der Waals surface area contributed by atoms with Crippen molar-refractivity contribution in [1.82, 2.24) is 39.8 Å². The number of halogens is 1. The fourth-order valence-corrected chi connectivity index (χ4v) is 7.80. The van der Waals surface area contributed by atoms with Crippen LogP contribution in [-0.2, 0) is 0 Å². The van der Waals surface area contributed by atoms with Crippen LogP contribution >= 0.6 is 15.9 Å². The molecule has 8 heterocycles. The van der Waals surface area contributed by atoms with Crippen LogP contribution in [-0.4, -0.2) is 69.0 Å². The first-order valence-corrected chi connectivity index (χ1v) is 18.0. The summed E-state index contributed by atoms with van der Waals surface area (Å²) < 4.78 is 26.0. The summed E-state index contributed by atoms with van der Waals surface area (Å²) in [7, 11) is 0. The largest absolute Gasteiger partial charge is 0.454 e. The first-order valence-electron chi connectivity index (χ1n) is 17.2. The van der Waals surface area contributed by atoms with Crippen LogP contribution in [0.25, 0.3) is 33.5 Å². The number of nitrogen functional groups attached to an aromatic ring is 2. The van der Waals surface area contributed by atoms with Gasteiger partial charge in [0.2, 0.25) is 13.6 Å². The van der Waals surface area contributed by atoms with Crippen molar-refractivity contribution in [2.45, 2.75) is 37.5 Å². The Morgan fingerprint density at radius 3 is 1.86 bits per heavy atom. The molecule has 0 radical (unpaired) electrons. The van der Waals surface area contributed by atoms with Crippen molar-refractivity contribution >= 4 is 38.9 Å². The van der Waals surface area contributed by atoms with Crippen molar-refractivity contribution in [3.8, 4) is 45.3 Å². The zero-order valence-electron chi connectivity index (χ0n) is 27.8. The van der Waals surface area contributed by atoms with Gasteiger partial charge in [0.15, 0.2) is 34.3 Å². The molecule has 10 rings (SSSR count). The van der Waals surface area contributed by atoms with Crippen LogP contribution in [0.2, 0.25) is 0 Å². The summed E-state index contributed by atoms with van der Waals surface area (Å²) in [5.41, 5.74) is 20.0. The van der Waals surface area contributed by atoms with Crippen molar-refractivity contribution in [3.63, 3.8) is 0 Å². The van der Waals surface area contributed by atoms with Gasteiger partial charge >= 0.3 is 0 Å². The molecule has 0 bridgehead atoms. The summed E-state index contributed by atoms with van der Waals surface area (Å²) in [5.74, 6) is 4.92. The van der Waals surface area contributed by atoms with E-state index in [9.17, 15) is 0 Å². The molecule has 0 spiro atoms. The molecule has 2 aromatic carbocycles. The smallest absolute Gasteiger partial charge is 0.231 e. The Morgan fingerprint density at radius 1 is 0.686 bits per heavy atom. The molecule has 15 heteroatoms. The Kier molecular flexibility index (Phi) is 8.25. The molecule has 6 aromatic rings. The van der Waals surface area contributed by atoms with Crippen LogP contribution in [0.4, 0.5) is 11.6 Å². The minimum Gasteiger partial charge on any atom is -0.454 e. The second-order valence-electron chi connectivity index (χ2n) is 13.1. The highest BCUT2D eigenvalue weighted by atomic mass is 79.9. The highest BCUT2D eigenvalue weighted by molar-refractivity contribution is 9.10. The van der Waals surface area contributed by atoms with Gasteiger partial charge in [-0.3, -0.25) is 0 Å².